The number of benzene rings is 1. The molecule has 1 aliphatic carbocycles. The molecule has 1 saturated carbocycles. The average molecular weight is 302 g/mol. The molecule has 1 aromatic heterocycles. The van der Waals surface area contributed by atoms with E-state index in [0.717, 1.165) is 18.4 Å². The third-order valence-corrected chi connectivity index (χ3v) is 3.80. The first-order valence-corrected chi connectivity index (χ1v) is 7.17. The fourth-order valence-electron chi connectivity index (χ4n) is 2.43. The van der Waals surface area contributed by atoms with Crippen LogP contribution in [0.5, 0.6) is 0 Å². The van der Waals surface area contributed by atoms with E-state index in [-0.39, 0.29) is 17.3 Å². The maximum Gasteiger partial charge on any atom is 0.229 e. The quantitative estimate of drug-likeness (QED) is 0.870. The van der Waals surface area contributed by atoms with E-state index in [1.165, 1.54) is 6.07 Å². The maximum atomic E-state index is 13.4. The van der Waals surface area contributed by atoms with Crippen molar-refractivity contribution >= 4 is 11.9 Å². The van der Waals surface area contributed by atoms with Gasteiger partial charge >= 0.3 is 0 Å². The molecule has 0 spiro atoms. The topological polar surface area (TPSA) is 80.0 Å². The summed E-state index contributed by atoms with van der Waals surface area (Å²) in [6.45, 7) is 0.462. The van der Waals surface area contributed by atoms with Crippen molar-refractivity contribution in [3.8, 4) is 0 Å². The predicted octanol–water partition coefficient (Wildman–Crippen LogP) is 1.44. The number of hydrogen-bond donors (Lipinski definition) is 2. The number of rotatable bonds is 5. The number of halogens is 1. The van der Waals surface area contributed by atoms with E-state index in [1.807, 2.05) is 20.2 Å². The Bertz CT molecular complexity index is 683. The summed E-state index contributed by atoms with van der Waals surface area (Å²) in [5, 5.41) is 3.43. The number of hydrogen-bond acceptors (Lipinski definition) is 6. The van der Waals surface area contributed by atoms with Crippen LogP contribution in [0, 0.1) is 5.82 Å². The summed E-state index contributed by atoms with van der Waals surface area (Å²) >= 11 is 0. The fourth-order valence-corrected chi connectivity index (χ4v) is 2.43. The summed E-state index contributed by atoms with van der Waals surface area (Å²) in [7, 11) is 3.70. The van der Waals surface area contributed by atoms with Gasteiger partial charge in [0, 0.05) is 19.6 Å². The molecule has 1 aliphatic rings. The van der Waals surface area contributed by atoms with Crippen LogP contribution < -0.4 is 16.0 Å². The molecule has 6 nitrogen and oxygen atoms in total. The van der Waals surface area contributed by atoms with E-state index in [4.69, 9.17) is 5.73 Å². The lowest BCUT2D eigenvalue weighted by molar-refractivity contribution is 0.502. The first-order chi connectivity index (χ1) is 10.5. The van der Waals surface area contributed by atoms with Crippen molar-refractivity contribution < 1.29 is 4.39 Å². The fraction of sp³-hybridized carbons (Fsp3) is 0.400. The standard InChI is InChI=1S/C15H19FN6/c1-22(2)14-20-12(19-13(17)21-14)9-18-15(6-7-15)10-4-3-5-11(16)8-10/h3-5,8,18H,6-7,9H2,1-2H3,(H2,17,19,20,21). The highest BCUT2D eigenvalue weighted by atomic mass is 19.1. The molecule has 1 heterocycles. The molecule has 7 heteroatoms. The van der Waals surface area contributed by atoms with Crippen molar-refractivity contribution in [2.75, 3.05) is 24.7 Å². The molecular weight excluding hydrogens is 283 g/mol. The molecular formula is C15H19FN6. The van der Waals surface area contributed by atoms with Crippen LogP contribution in [0.3, 0.4) is 0 Å². The van der Waals surface area contributed by atoms with E-state index < -0.39 is 0 Å². The summed E-state index contributed by atoms with van der Waals surface area (Å²) in [6.07, 6.45) is 1.94. The third-order valence-electron chi connectivity index (χ3n) is 3.80. The van der Waals surface area contributed by atoms with E-state index in [9.17, 15) is 4.39 Å². The van der Waals surface area contributed by atoms with Gasteiger partial charge in [-0.15, -0.1) is 0 Å². The van der Waals surface area contributed by atoms with Gasteiger partial charge in [0.25, 0.3) is 0 Å². The van der Waals surface area contributed by atoms with Crippen LogP contribution in [-0.2, 0) is 12.1 Å². The minimum Gasteiger partial charge on any atom is -0.368 e. The van der Waals surface area contributed by atoms with Crippen molar-refractivity contribution in [2.24, 2.45) is 0 Å². The molecule has 22 heavy (non-hydrogen) atoms. The van der Waals surface area contributed by atoms with Gasteiger partial charge in [-0.1, -0.05) is 12.1 Å². The number of anilines is 2. The monoisotopic (exact) mass is 302 g/mol. The Morgan fingerprint density at radius 3 is 2.68 bits per heavy atom. The first-order valence-electron chi connectivity index (χ1n) is 7.17. The highest BCUT2D eigenvalue weighted by Crippen LogP contribution is 2.45. The third kappa shape index (κ3) is 2.99. The van der Waals surface area contributed by atoms with E-state index in [2.05, 4.69) is 20.3 Å². The van der Waals surface area contributed by atoms with Crippen molar-refractivity contribution in [1.82, 2.24) is 20.3 Å². The summed E-state index contributed by atoms with van der Waals surface area (Å²) < 4.78 is 13.4. The highest BCUT2D eigenvalue weighted by Gasteiger charge is 2.44. The van der Waals surface area contributed by atoms with Gasteiger partial charge in [-0.25, -0.2) is 4.39 Å². The molecule has 3 rings (SSSR count). The smallest absolute Gasteiger partial charge is 0.229 e. The second-order valence-corrected chi connectivity index (χ2v) is 5.75. The summed E-state index contributed by atoms with van der Waals surface area (Å²) in [6, 6.07) is 6.70. The van der Waals surface area contributed by atoms with Gasteiger partial charge in [-0.05, 0) is 30.5 Å². The van der Waals surface area contributed by atoms with Gasteiger partial charge < -0.3 is 16.0 Å². The van der Waals surface area contributed by atoms with Crippen LogP contribution in [0.2, 0.25) is 0 Å². The van der Waals surface area contributed by atoms with Crippen molar-refractivity contribution in [3.63, 3.8) is 0 Å². The molecule has 0 aliphatic heterocycles. The first kappa shape index (κ1) is 14.6. The van der Waals surface area contributed by atoms with Crippen LogP contribution >= 0.6 is 0 Å². The molecule has 116 valence electrons. The average Bonchev–Trinajstić information content (AvgIpc) is 3.26. The minimum absolute atomic E-state index is 0.179. The Morgan fingerprint density at radius 2 is 2.05 bits per heavy atom. The van der Waals surface area contributed by atoms with Crippen molar-refractivity contribution in [1.29, 1.82) is 0 Å². The SMILES string of the molecule is CN(C)c1nc(N)nc(CNC2(c3cccc(F)c3)CC2)n1. The molecule has 1 fully saturated rings. The van der Waals surface area contributed by atoms with Gasteiger partial charge in [-0.3, -0.25) is 0 Å². The lowest BCUT2D eigenvalue weighted by atomic mass is 10.0. The van der Waals surface area contributed by atoms with E-state index in [1.54, 1.807) is 17.0 Å². The zero-order valence-electron chi connectivity index (χ0n) is 12.7. The molecule has 0 unspecified atom stereocenters. The number of aromatic nitrogens is 3. The van der Waals surface area contributed by atoms with Crippen LogP contribution in [0.25, 0.3) is 0 Å². The lowest BCUT2D eigenvalue weighted by Crippen LogP contribution is -2.30. The summed E-state index contributed by atoms with van der Waals surface area (Å²) in [5.41, 5.74) is 6.50. The van der Waals surface area contributed by atoms with Crippen LogP contribution in [0.15, 0.2) is 24.3 Å². The Hall–Kier alpha value is -2.28. The normalized spacial score (nSPS) is 15.6. The summed E-state index contributed by atoms with van der Waals surface area (Å²) in [5.74, 6) is 1.09. The minimum atomic E-state index is -0.218. The number of nitrogens with zero attached hydrogens (tertiary/aromatic N) is 4. The Kier molecular flexibility index (Phi) is 3.66. The van der Waals surface area contributed by atoms with Gasteiger partial charge in [0.05, 0.1) is 6.54 Å². The Morgan fingerprint density at radius 1 is 1.27 bits per heavy atom. The molecule has 0 atom stereocenters. The van der Waals surface area contributed by atoms with E-state index in [0.29, 0.717) is 18.3 Å². The van der Waals surface area contributed by atoms with Gasteiger partial charge in [0.1, 0.15) is 11.6 Å². The van der Waals surface area contributed by atoms with Gasteiger partial charge in [0.2, 0.25) is 11.9 Å². The Balaban J connectivity index is 1.75. The lowest BCUT2D eigenvalue weighted by Gasteiger charge is -2.18. The molecule has 1 aromatic carbocycles. The second-order valence-electron chi connectivity index (χ2n) is 5.75. The second kappa shape index (κ2) is 5.49. The Labute approximate surface area is 128 Å². The molecule has 0 bridgehead atoms. The molecule has 3 N–H and O–H groups in total. The summed E-state index contributed by atoms with van der Waals surface area (Å²) in [4.78, 5) is 14.4. The van der Waals surface area contributed by atoms with Crippen LogP contribution in [-0.4, -0.2) is 29.0 Å². The van der Waals surface area contributed by atoms with Crippen molar-refractivity contribution in [3.05, 3.63) is 41.5 Å². The largest absolute Gasteiger partial charge is 0.368 e. The van der Waals surface area contributed by atoms with Crippen LogP contribution in [0.4, 0.5) is 16.3 Å². The number of nitrogens with two attached hydrogens (primary N) is 1. The van der Waals surface area contributed by atoms with Crippen LogP contribution in [0.1, 0.15) is 24.2 Å². The molecule has 0 saturated heterocycles. The molecule has 0 radical (unpaired) electrons. The maximum absolute atomic E-state index is 13.4. The predicted molar refractivity (Wildman–Crippen MR) is 82.7 cm³/mol. The highest BCUT2D eigenvalue weighted by molar-refractivity contribution is 5.33. The number of nitrogen functional groups attached to an aromatic ring is 1. The molecule has 0 amide bonds. The zero-order chi connectivity index (χ0) is 15.7. The van der Waals surface area contributed by atoms with Crippen molar-refractivity contribution in [2.45, 2.75) is 24.9 Å². The number of nitrogens with one attached hydrogen (secondary N) is 1. The zero-order valence-corrected chi connectivity index (χ0v) is 12.7. The van der Waals surface area contributed by atoms with Gasteiger partial charge in [0.15, 0.2) is 0 Å². The van der Waals surface area contributed by atoms with E-state index >= 15 is 0 Å². The molecule has 2 aromatic rings. The van der Waals surface area contributed by atoms with Gasteiger partial charge in [-0.2, -0.15) is 15.0 Å².